The molecule has 1 amide bonds. The molecule has 0 bridgehead atoms. The van der Waals surface area contributed by atoms with Crippen LogP contribution in [0, 0.1) is 5.41 Å². The minimum atomic E-state index is -0.159. The maximum Gasteiger partial charge on any atom is 0.238 e. The summed E-state index contributed by atoms with van der Waals surface area (Å²) in [5.41, 5.74) is 2.17. The predicted molar refractivity (Wildman–Crippen MR) is 66.9 cm³/mol. The number of carbonyl (C=O) groups excluding carboxylic acids is 1. The van der Waals surface area contributed by atoms with Gasteiger partial charge in [-0.15, -0.1) is 0 Å². The van der Waals surface area contributed by atoms with E-state index >= 15 is 0 Å². The van der Waals surface area contributed by atoms with Gasteiger partial charge >= 0.3 is 0 Å². The molecule has 2 N–H and O–H groups in total. The molecular formula is C13H20N2O. The fourth-order valence-corrected chi connectivity index (χ4v) is 1.61. The van der Waals surface area contributed by atoms with Crippen molar-refractivity contribution in [1.29, 1.82) is 0 Å². The van der Waals surface area contributed by atoms with Crippen LogP contribution in [0.3, 0.4) is 0 Å². The molecular weight excluding hydrogens is 200 g/mol. The van der Waals surface area contributed by atoms with E-state index in [9.17, 15) is 4.79 Å². The summed E-state index contributed by atoms with van der Waals surface area (Å²) in [6.45, 7) is 8.01. The van der Waals surface area contributed by atoms with Crippen LogP contribution in [0.15, 0.2) is 24.3 Å². The largest absolute Gasteiger partial charge is 0.273 e. The Morgan fingerprint density at radius 1 is 1.38 bits per heavy atom. The normalized spacial score (nSPS) is 11.3. The first-order chi connectivity index (χ1) is 7.29. The highest BCUT2D eigenvalue weighted by Gasteiger charge is 2.13. The second kappa shape index (κ2) is 4.66. The van der Waals surface area contributed by atoms with Gasteiger partial charge in [-0.3, -0.25) is 4.79 Å². The van der Waals surface area contributed by atoms with E-state index in [4.69, 9.17) is 5.84 Å². The number of anilines is 1. The summed E-state index contributed by atoms with van der Waals surface area (Å²) in [6, 6.07) is 7.79. The van der Waals surface area contributed by atoms with E-state index in [0.29, 0.717) is 0 Å². The van der Waals surface area contributed by atoms with E-state index in [0.717, 1.165) is 12.1 Å². The Balaban J connectivity index is 2.91. The first-order valence-electron chi connectivity index (χ1n) is 5.44. The number of amides is 1. The van der Waals surface area contributed by atoms with Gasteiger partial charge in [-0.1, -0.05) is 32.9 Å². The van der Waals surface area contributed by atoms with Gasteiger partial charge in [0, 0.05) is 6.92 Å². The molecule has 0 heterocycles. The number of nitrogens with two attached hydrogens (primary N) is 1. The van der Waals surface area contributed by atoms with Gasteiger partial charge in [0.1, 0.15) is 0 Å². The monoisotopic (exact) mass is 220 g/mol. The van der Waals surface area contributed by atoms with Gasteiger partial charge in [0.2, 0.25) is 5.91 Å². The number of hydrazine groups is 1. The Morgan fingerprint density at radius 3 is 2.50 bits per heavy atom. The molecule has 0 atom stereocenters. The molecule has 0 aliphatic rings. The topological polar surface area (TPSA) is 46.3 Å². The maximum absolute atomic E-state index is 11.1. The van der Waals surface area contributed by atoms with Crippen LogP contribution < -0.4 is 10.9 Å². The molecule has 0 spiro atoms. The standard InChI is InChI=1S/C13H20N2O/c1-10(16)15(14)12-7-5-6-11(8-12)9-13(2,3)4/h5-8H,9,14H2,1-4H3. The number of nitrogens with zero attached hydrogens (tertiary/aromatic N) is 1. The Kier molecular flexibility index (Phi) is 3.70. The molecule has 0 saturated heterocycles. The van der Waals surface area contributed by atoms with E-state index in [1.807, 2.05) is 18.2 Å². The van der Waals surface area contributed by atoms with Gasteiger partial charge in [0.25, 0.3) is 0 Å². The number of benzene rings is 1. The van der Waals surface area contributed by atoms with Crippen LogP contribution in [0.1, 0.15) is 33.3 Å². The van der Waals surface area contributed by atoms with Crippen LogP contribution in [-0.2, 0) is 11.2 Å². The second-order valence-corrected chi connectivity index (χ2v) is 5.30. The van der Waals surface area contributed by atoms with E-state index in [-0.39, 0.29) is 11.3 Å². The van der Waals surface area contributed by atoms with Crippen molar-refractivity contribution in [2.24, 2.45) is 11.3 Å². The third-order valence-electron chi connectivity index (χ3n) is 2.26. The molecule has 0 aromatic heterocycles. The Bertz CT molecular complexity index is 380. The average molecular weight is 220 g/mol. The summed E-state index contributed by atoms with van der Waals surface area (Å²) < 4.78 is 0. The van der Waals surface area contributed by atoms with Crippen LogP contribution in [0.5, 0.6) is 0 Å². The Morgan fingerprint density at radius 2 is 2.00 bits per heavy atom. The lowest BCUT2D eigenvalue weighted by Crippen LogP contribution is -2.35. The minimum Gasteiger partial charge on any atom is -0.273 e. The van der Waals surface area contributed by atoms with Crippen molar-refractivity contribution >= 4 is 11.6 Å². The summed E-state index contributed by atoms with van der Waals surface area (Å²) >= 11 is 0. The molecule has 0 saturated carbocycles. The zero-order valence-electron chi connectivity index (χ0n) is 10.4. The summed E-state index contributed by atoms with van der Waals surface area (Å²) in [5, 5.41) is 1.17. The average Bonchev–Trinajstić information content (AvgIpc) is 2.14. The molecule has 16 heavy (non-hydrogen) atoms. The summed E-state index contributed by atoms with van der Waals surface area (Å²) in [7, 11) is 0. The lowest BCUT2D eigenvalue weighted by molar-refractivity contribution is -0.116. The lowest BCUT2D eigenvalue weighted by atomic mass is 9.88. The van der Waals surface area contributed by atoms with Crippen molar-refractivity contribution in [2.45, 2.75) is 34.1 Å². The van der Waals surface area contributed by atoms with Crippen LogP contribution in [0.25, 0.3) is 0 Å². The fraction of sp³-hybridized carbons (Fsp3) is 0.462. The number of carbonyl (C=O) groups is 1. The minimum absolute atomic E-state index is 0.159. The summed E-state index contributed by atoms with van der Waals surface area (Å²) in [6.07, 6.45) is 0.965. The second-order valence-electron chi connectivity index (χ2n) is 5.30. The van der Waals surface area contributed by atoms with Crippen molar-refractivity contribution in [3.63, 3.8) is 0 Å². The van der Waals surface area contributed by atoms with Crippen molar-refractivity contribution in [3.05, 3.63) is 29.8 Å². The van der Waals surface area contributed by atoms with Gasteiger partial charge in [0.15, 0.2) is 0 Å². The van der Waals surface area contributed by atoms with Crippen molar-refractivity contribution in [2.75, 3.05) is 5.01 Å². The van der Waals surface area contributed by atoms with Crippen LogP contribution in [0.2, 0.25) is 0 Å². The maximum atomic E-state index is 11.1. The molecule has 88 valence electrons. The zero-order valence-corrected chi connectivity index (χ0v) is 10.4. The van der Waals surface area contributed by atoms with Gasteiger partial charge in [-0.25, -0.2) is 10.9 Å². The van der Waals surface area contributed by atoms with Gasteiger partial charge < -0.3 is 0 Å². The van der Waals surface area contributed by atoms with Crippen molar-refractivity contribution in [3.8, 4) is 0 Å². The Hall–Kier alpha value is -1.35. The molecule has 1 rings (SSSR count). The van der Waals surface area contributed by atoms with E-state index in [2.05, 4.69) is 26.8 Å². The van der Waals surface area contributed by atoms with Gasteiger partial charge in [0.05, 0.1) is 5.69 Å². The molecule has 0 fully saturated rings. The molecule has 3 nitrogen and oxygen atoms in total. The van der Waals surface area contributed by atoms with Crippen molar-refractivity contribution in [1.82, 2.24) is 0 Å². The molecule has 1 aromatic carbocycles. The Labute approximate surface area is 97.2 Å². The quantitative estimate of drug-likeness (QED) is 0.473. The number of hydrogen-bond acceptors (Lipinski definition) is 2. The lowest BCUT2D eigenvalue weighted by Gasteiger charge is -2.20. The highest BCUT2D eigenvalue weighted by Crippen LogP contribution is 2.23. The van der Waals surface area contributed by atoms with E-state index in [1.165, 1.54) is 17.5 Å². The van der Waals surface area contributed by atoms with E-state index < -0.39 is 0 Å². The number of rotatable bonds is 2. The molecule has 0 unspecified atom stereocenters. The van der Waals surface area contributed by atoms with Crippen LogP contribution >= 0.6 is 0 Å². The smallest absolute Gasteiger partial charge is 0.238 e. The predicted octanol–water partition coefficient (Wildman–Crippen LogP) is 2.50. The molecule has 0 aliphatic heterocycles. The van der Waals surface area contributed by atoms with Gasteiger partial charge in [-0.05, 0) is 29.5 Å². The zero-order chi connectivity index (χ0) is 12.3. The molecule has 1 aromatic rings. The third-order valence-corrected chi connectivity index (χ3v) is 2.26. The molecule has 0 radical (unpaired) electrons. The third kappa shape index (κ3) is 3.66. The van der Waals surface area contributed by atoms with Crippen LogP contribution in [0.4, 0.5) is 5.69 Å². The van der Waals surface area contributed by atoms with Crippen LogP contribution in [-0.4, -0.2) is 5.91 Å². The fourth-order valence-electron chi connectivity index (χ4n) is 1.61. The highest BCUT2D eigenvalue weighted by molar-refractivity contribution is 5.90. The van der Waals surface area contributed by atoms with E-state index in [1.54, 1.807) is 0 Å². The van der Waals surface area contributed by atoms with Crippen molar-refractivity contribution < 1.29 is 4.79 Å². The first-order valence-corrected chi connectivity index (χ1v) is 5.44. The molecule has 3 heteroatoms. The molecule has 0 aliphatic carbocycles. The SMILES string of the molecule is CC(=O)N(N)c1cccc(CC(C)(C)C)c1. The first kappa shape index (κ1) is 12.7. The summed E-state index contributed by atoms with van der Waals surface area (Å²) in [5.74, 6) is 5.49. The van der Waals surface area contributed by atoms with Gasteiger partial charge in [-0.2, -0.15) is 0 Å². The number of hydrogen-bond donors (Lipinski definition) is 1. The highest BCUT2D eigenvalue weighted by atomic mass is 16.2. The summed E-state index contributed by atoms with van der Waals surface area (Å²) in [4.78, 5) is 11.1.